The minimum atomic E-state index is -0.929. The zero-order valence-electron chi connectivity index (χ0n) is 11.5. The van der Waals surface area contributed by atoms with E-state index >= 15 is 0 Å². The summed E-state index contributed by atoms with van der Waals surface area (Å²) >= 11 is 0. The Hall–Kier alpha value is -1.46. The lowest BCUT2D eigenvalue weighted by molar-refractivity contribution is 0.0696. The van der Waals surface area contributed by atoms with Crippen molar-refractivity contribution in [3.8, 4) is 0 Å². The molecule has 1 atom stereocenters. The first-order valence-corrected chi connectivity index (χ1v) is 6.60. The summed E-state index contributed by atoms with van der Waals surface area (Å²) in [6.45, 7) is 4.17. The number of aromatic nitrogens is 1. The third-order valence-electron chi connectivity index (χ3n) is 3.56. The Morgan fingerprint density at radius 3 is 2.89 bits per heavy atom. The molecule has 0 aromatic carbocycles. The van der Waals surface area contributed by atoms with Crippen molar-refractivity contribution in [2.24, 2.45) is 5.92 Å². The number of rotatable bonds is 5. The SMILES string of the molecule is CN1CCC(CN(C)Cc2ccc(C(=O)O)cn2)C1. The molecule has 0 radical (unpaired) electrons. The van der Waals surface area contributed by atoms with Gasteiger partial charge in [0.15, 0.2) is 0 Å². The number of nitrogens with zero attached hydrogens (tertiary/aromatic N) is 3. The van der Waals surface area contributed by atoms with Crippen molar-refractivity contribution < 1.29 is 9.90 Å². The standard InChI is InChI=1S/C14H21N3O2/c1-16-6-5-11(8-16)9-17(2)10-13-4-3-12(7-15-13)14(18)19/h3-4,7,11H,5-6,8-10H2,1-2H3,(H,18,19). The summed E-state index contributed by atoms with van der Waals surface area (Å²) in [5, 5.41) is 8.82. The molecule has 1 fully saturated rings. The van der Waals surface area contributed by atoms with E-state index in [2.05, 4.69) is 28.9 Å². The lowest BCUT2D eigenvalue weighted by atomic mass is 10.1. The monoisotopic (exact) mass is 263 g/mol. The average Bonchev–Trinajstić information content (AvgIpc) is 2.75. The number of likely N-dealkylation sites (tertiary alicyclic amines) is 1. The molecule has 104 valence electrons. The van der Waals surface area contributed by atoms with Crippen LogP contribution >= 0.6 is 0 Å². The van der Waals surface area contributed by atoms with Crippen LogP contribution in [0.3, 0.4) is 0 Å². The number of hydrogen-bond donors (Lipinski definition) is 1. The van der Waals surface area contributed by atoms with Gasteiger partial charge in [0.2, 0.25) is 0 Å². The predicted molar refractivity (Wildman–Crippen MR) is 73.1 cm³/mol. The van der Waals surface area contributed by atoms with Crippen LogP contribution in [0.15, 0.2) is 18.3 Å². The van der Waals surface area contributed by atoms with Crippen LogP contribution in [-0.2, 0) is 6.54 Å². The second-order valence-electron chi connectivity index (χ2n) is 5.46. The van der Waals surface area contributed by atoms with Gasteiger partial charge in [-0.3, -0.25) is 4.98 Å². The van der Waals surface area contributed by atoms with E-state index in [-0.39, 0.29) is 5.56 Å². The molecule has 0 aliphatic carbocycles. The lowest BCUT2D eigenvalue weighted by Gasteiger charge is -2.20. The highest BCUT2D eigenvalue weighted by Crippen LogP contribution is 2.15. The number of carboxylic acids is 1. The minimum Gasteiger partial charge on any atom is -0.478 e. The fraction of sp³-hybridized carbons (Fsp3) is 0.571. The first-order chi connectivity index (χ1) is 9.04. The van der Waals surface area contributed by atoms with Crippen LogP contribution in [-0.4, -0.2) is 59.6 Å². The van der Waals surface area contributed by atoms with Crippen molar-refractivity contribution in [1.29, 1.82) is 0 Å². The van der Waals surface area contributed by atoms with Gasteiger partial charge in [-0.1, -0.05) is 0 Å². The molecule has 2 rings (SSSR count). The molecule has 2 heterocycles. The third-order valence-corrected chi connectivity index (χ3v) is 3.56. The number of carbonyl (C=O) groups is 1. The van der Waals surface area contributed by atoms with Gasteiger partial charge in [0.05, 0.1) is 11.3 Å². The van der Waals surface area contributed by atoms with E-state index in [0.29, 0.717) is 0 Å². The molecule has 1 saturated heterocycles. The first kappa shape index (κ1) is 14.0. The van der Waals surface area contributed by atoms with Crippen molar-refractivity contribution in [3.63, 3.8) is 0 Å². The van der Waals surface area contributed by atoms with Gasteiger partial charge in [0, 0.05) is 25.8 Å². The van der Waals surface area contributed by atoms with Gasteiger partial charge in [0.1, 0.15) is 0 Å². The van der Waals surface area contributed by atoms with Crippen LogP contribution < -0.4 is 0 Å². The number of hydrogen-bond acceptors (Lipinski definition) is 4. The maximum atomic E-state index is 10.7. The quantitative estimate of drug-likeness (QED) is 0.864. The molecule has 19 heavy (non-hydrogen) atoms. The number of carboxylic acid groups (broad SMARTS) is 1. The van der Waals surface area contributed by atoms with Crippen molar-refractivity contribution in [1.82, 2.24) is 14.8 Å². The summed E-state index contributed by atoms with van der Waals surface area (Å²) in [5.41, 5.74) is 1.16. The van der Waals surface area contributed by atoms with Gasteiger partial charge in [-0.25, -0.2) is 4.79 Å². The maximum Gasteiger partial charge on any atom is 0.337 e. The highest BCUT2D eigenvalue weighted by Gasteiger charge is 2.20. The Morgan fingerprint density at radius 1 is 1.58 bits per heavy atom. The highest BCUT2D eigenvalue weighted by molar-refractivity contribution is 5.87. The molecule has 1 aliphatic heterocycles. The molecule has 5 heteroatoms. The molecule has 1 aliphatic rings. The largest absolute Gasteiger partial charge is 0.478 e. The minimum absolute atomic E-state index is 0.240. The third kappa shape index (κ3) is 4.01. The van der Waals surface area contributed by atoms with Crippen LogP contribution in [0.4, 0.5) is 0 Å². The number of pyridine rings is 1. The summed E-state index contributed by atoms with van der Waals surface area (Å²) < 4.78 is 0. The van der Waals surface area contributed by atoms with Crippen molar-refractivity contribution in [3.05, 3.63) is 29.6 Å². The average molecular weight is 263 g/mol. The van der Waals surface area contributed by atoms with Crippen LogP contribution in [0.5, 0.6) is 0 Å². The molecule has 5 nitrogen and oxygen atoms in total. The summed E-state index contributed by atoms with van der Waals surface area (Å²) in [7, 11) is 4.25. The Labute approximate surface area is 113 Å². The van der Waals surface area contributed by atoms with Crippen molar-refractivity contribution in [2.75, 3.05) is 33.7 Å². The molecular formula is C14H21N3O2. The Morgan fingerprint density at radius 2 is 2.37 bits per heavy atom. The zero-order valence-corrected chi connectivity index (χ0v) is 11.5. The van der Waals surface area contributed by atoms with Gasteiger partial charge in [0.25, 0.3) is 0 Å². The van der Waals surface area contributed by atoms with E-state index in [0.717, 1.165) is 31.2 Å². The van der Waals surface area contributed by atoms with E-state index in [9.17, 15) is 4.79 Å². The van der Waals surface area contributed by atoms with Crippen LogP contribution in [0.1, 0.15) is 22.5 Å². The second-order valence-corrected chi connectivity index (χ2v) is 5.46. The van der Waals surface area contributed by atoms with Gasteiger partial charge in [-0.15, -0.1) is 0 Å². The molecule has 0 saturated carbocycles. The van der Waals surface area contributed by atoms with E-state index in [1.165, 1.54) is 19.2 Å². The fourth-order valence-electron chi connectivity index (χ4n) is 2.60. The Kier molecular flexibility index (Phi) is 4.50. The smallest absolute Gasteiger partial charge is 0.337 e. The van der Waals surface area contributed by atoms with E-state index in [1.54, 1.807) is 12.1 Å². The number of aromatic carboxylic acids is 1. The topological polar surface area (TPSA) is 56.7 Å². The summed E-state index contributed by atoms with van der Waals surface area (Å²) in [6.07, 6.45) is 2.68. The second kappa shape index (κ2) is 6.12. The van der Waals surface area contributed by atoms with E-state index in [4.69, 9.17) is 5.11 Å². The molecule has 1 aromatic heterocycles. The Balaban J connectivity index is 1.84. The Bertz CT molecular complexity index is 433. The molecule has 0 bridgehead atoms. The molecule has 1 unspecified atom stereocenters. The lowest BCUT2D eigenvalue weighted by Crippen LogP contribution is -2.27. The van der Waals surface area contributed by atoms with Gasteiger partial charge in [-0.05, 0) is 45.1 Å². The molecular weight excluding hydrogens is 242 g/mol. The van der Waals surface area contributed by atoms with Gasteiger partial charge >= 0.3 is 5.97 Å². The van der Waals surface area contributed by atoms with Crippen molar-refractivity contribution in [2.45, 2.75) is 13.0 Å². The molecule has 0 amide bonds. The van der Waals surface area contributed by atoms with Gasteiger partial charge < -0.3 is 14.9 Å². The molecule has 0 spiro atoms. The highest BCUT2D eigenvalue weighted by atomic mass is 16.4. The summed E-state index contributed by atoms with van der Waals surface area (Å²) in [5.74, 6) is -0.199. The molecule has 1 N–H and O–H groups in total. The zero-order chi connectivity index (χ0) is 13.8. The normalized spacial score (nSPS) is 20.1. The molecule has 1 aromatic rings. The fourth-order valence-corrected chi connectivity index (χ4v) is 2.60. The first-order valence-electron chi connectivity index (χ1n) is 6.60. The van der Waals surface area contributed by atoms with Crippen LogP contribution in [0.2, 0.25) is 0 Å². The predicted octanol–water partition coefficient (Wildman–Crippen LogP) is 1.16. The summed E-state index contributed by atoms with van der Waals surface area (Å²) in [6, 6.07) is 3.41. The van der Waals surface area contributed by atoms with E-state index in [1.807, 2.05) is 0 Å². The summed E-state index contributed by atoms with van der Waals surface area (Å²) in [4.78, 5) is 19.6. The van der Waals surface area contributed by atoms with E-state index < -0.39 is 5.97 Å². The maximum absolute atomic E-state index is 10.7. The van der Waals surface area contributed by atoms with Crippen LogP contribution in [0, 0.1) is 5.92 Å². The van der Waals surface area contributed by atoms with Gasteiger partial charge in [-0.2, -0.15) is 0 Å². The van der Waals surface area contributed by atoms with Crippen LogP contribution in [0.25, 0.3) is 0 Å². The van der Waals surface area contributed by atoms with Crippen molar-refractivity contribution >= 4 is 5.97 Å².